The Labute approximate surface area is 126 Å². The van der Waals surface area contributed by atoms with Crippen molar-refractivity contribution < 1.29 is 9.53 Å². The summed E-state index contributed by atoms with van der Waals surface area (Å²) in [4.78, 5) is 12.4. The van der Waals surface area contributed by atoms with E-state index in [1.165, 1.54) is 25.7 Å². The van der Waals surface area contributed by atoms with E-state index in [1.54, 1.807) is 0 Å². The predicted octanol–water partition coefficient (Wildman–Crippen LogP) is 1.79. The summed E-state index contributed by atoms with van der Waals surface area (Å²) < 4.78 is 5.76. The highest BCUT2D eigenvalue weighted by Gasteiger charge is 2.37. The second kappa shape index (κ2) is 7.66. The molecule has 1 saturated carbocycles. The fraction of sp³-hybridized carbons (Fsp3) is 0.933. The summed E-state index contributed by atoms with van der Waals surface area (Å²) in [6, 6.07) is 0.184. The van der Waals surface area contributed by atoms with Crippen molar-refractivity contribution in [3.05, 3.63) is 0 Å². The molecule has 1 aliphatic heterocycles. The van der Waals surface area contributed by atoms with E-state index in [9.17, 15) is 4.79 Å². The number of carbonyl (C=O) groups is 1. The normalized spacial score (nSPS) is 28.7. The first kappa shape index (κ1) is 16.1. The van der Waals surface area contributed by atoms with Crippen LogP contribution >= 0.6 is 11.8 Å². The van der Waals surface area contributed by atoms with Gasteiger partial charge in [0.15, 0.2) is 0 Å². The van der Waals surface area contributed by atoms with Gasteiger partial charge in [0, 0.05) is 17.3 Å². The number of hydrogen-bond acceptors (Lipinski definition) is 4. The van der Waals surface area contributed by atoms with Crippen molar-refractivity contribution in [2.24, 2.45) is 5.92 Å². The summed E-state index contributed by atoms with van der Waals surface area (Å²) in [6.07, 6.45) is 8.30. The Bertz CT molecular complexity index is 319. The summed E-state index contributed by atoms with van der Waals surface area (Å²) >= 11 is 1.92. The Kier molecular flexibility index (Phi) is 6.18. The number of ether oxygens (including phenoxy) is 1. The van der Waals surface area contributed by atoms with Gasteiger partial charge < -0.3 is 15.4 Å². The van der Waals surface area contributed by atoms with Crippen LogP contribution in [0, 0.1) is 5.92 Å². The van der Waals surface area contributed by atoms with E-state index in [4.69, 9.17) is 4.74 Å². The summed E-state index contributed by atoms with van der Waals surface area (Å²) in [5.41, 5.74) is 0. The SMILES string of the molecule is CCCNC1COCC1C(=O)NCC1(SC)CCCC1. The molecule has 4 nitrogen and oxygen atoms in total. The Hall–Kier alpha value is -0.260. The molecule has 116 valence electrons. The van der Waals surface area contributed by atoms with Crippen LogP contribution in [0.15, 0.2) is 0 Å². The van der Waals surface area contributed by atoms with E-state index >= 15 is 0 Å². The van der Waals surface area contributed by atoms with Crippen LogP contribution in [0.5, 0.6) is 0 Å². The molecule has 2 atom stereocenters. The minimum atomic E-state index is -0.0261. The first-order chi connectivity index (χ1) is 9.71. The zero-order valence-corrected chi connectivity index (χ0v) is 13.6. The molecule has 2 aliphatic rings. The smallest absolute Gasteiger partial charge is 0.227 e. The Morgan fingerprint density at radius 3 is 2.75 bits per heavy atom. The molecule has 1 heterocycles. The number of hydrogen-bond donors (Lipinski definition) is 2. The highest BCUT2D eigenvalue weighted by Crippen LogP contribution is 2.39. The minimum absolute atomic E-state index is 0.0261. The van der Waals surface area contributed by atoms with E-state index in [0.29, 0.717) is 13.2 Å². The molecular weight excluding hydrogens is 272 g/mol. The fourth-order valence-electron chi connectivity index (χ4n) is 3.20. The number of thioether (sulfide) groups is 1. The topological polar surface area (TPSA) is 50.4 Å². The molecule has 2 N–H and O–H groups in total. The van der Waals surface area contributed by atoms with Crippen LogP contribution in [0.2, 0.25) is 0 Å². The molecule has 0 aromatic rings. The van der Waals surface area contributed by atoms with Crippen LogP contribution in [-0.2, 0) is 9.53 Å². The van der Waals surface area contributed by atoms with Gasteiger partial charge in [-0.05, 0) is 32.1 Å². The fourth-order valence-corrected chi connectivity index (χ4v) is 4.11. The molecule has 0 aromatic carbocycles. The third kappa shape index (κ3) is 3.89. The molecule has 5 heteroatoms. The number of rotatable bonds is 7. The highest BCUT2D eigenvalue weighted by atomic mass is 32.2. The van der Waals surface area contributed by atoms with Crippen molar-refractivity contribution in [2.45, 2.75) is 49.8 Å². The average Bonchev–Trinajstić information content (AvgIpc) is 3.12. The van der Waals surface area contributed by atoms with E-state index in [1.807, 2.05) is 11.8 Å². The largest absolute Gasteiger partial charge is 0.379 e. The van der Waals surface area contributed by atoms with Gasteiger partial charge in [-0.2, -0.15) is 11.8 Å². The molecule has 0 spiro atoms. The second-order valence-electron chi connectivity index (χ2n) is 6.02. The zero-order valence-electron chi connectivity index (χ0n) is 12.7. The third-order valence-corrected chi connectivity index (χ3v) is 6.03. The van der Waals surface area contributed by atoms with Crippen molar-refractivity contribution in [3.8, 4) is 0 Å². The van der Waals surface area contributed by atoms with Gasteiger partial charge in [0.05, 0.1) is 19.1 Å². The lowest BCUT2D eigenvalue weighted by Crippen LogP contribution is -2.47. The van der Waals surface area contributed by atoms with Crippen molar-refractivity contribution in [2.75, 3.05) is 32.6 Å². The van der Waals surface area contributed by atoms with Crippen LogP contribution in [0.1, 0.15) is 39.0 Å². The van der Waals surface area contributed by atoms with Gasteiger partial charge >= 0.3 is 0 Å². The maximum atomic E-state index is 12.4. The van der Waals surface area contributed by atoms with Gasteiger partial charge in [0.2, 0.25) is 5.91 Å². The third-order valence-electron chi connectivity index (χ3n) is 4.61. The highest BCUT2D eigenvalue weighted by molar-refractivity contribution is 8.00. The standard InChI is InChI=1S/C15H28N2O2S/c1-3-8-16-13-10-19-9-12(13)14(18)17-11-15(20-2)6-4-5-7-15/h12-13,16H,3-11H2,1-2H3,(H,17,18). The van der Waals surface area contributed by atoms with E-state index in [-0.39, 0.29) is 22.6 Å². The van der Waals surface area contributed by atoms with Crippen LogP contribution in [0.3, 0.4) is 0 Å². The van der Waals surface area contributed by atoms with Crippen molar-refractivity contribution in [3.63, 3.8) is 0 Å². The Morgan fingerprint density at radius 1 is 1.35 bits per heavy atom. The maximum Gasteiger partial charge on any atom is 0.227 e. The second-order valence-corrected chi connectivity index (χ2v) is 7.29. The Morgan fingerprint density at radius 2 is 2.10 bits per heavy atom. The van der Waals surface area contributed by atoms with Gasteiger partial charge in [-0.25, -0.2) is 0 Å². The molecular formula is C15H28N2O2S. The molecule has 2 unspecified atom stereocenters. The van der Waals surface area contributed by atoms with E-state index in [2.05, 4.69) is 23.8 Å². The summed E-state index contributed by atoms with van der Waals surface area (Å²) in [5.74, 6) is 0.137. The van der Waals surface area contributed by atoms with Gasteiger partial charge in [-0.3, -0.25) is 4.79 Å². The molecule has 0 radical (unpaired) electrons. The van der Waals surface area contributed by atoms with E-state index < -0.39 is 0 Å². The lowest BCUT2D eigenvalue weighted by Gasteiger charge is -2.28. The van der Waals surface area contributed by atoms with Crippen molar-refractivity contribution in [1.29, 1.82) is 0 Å². The molecule has 20 heavy (non-hydrogen) atoms. The quantitative estimate of drug-likeness (QED) is 0.753. The van der Waals surface area contributed by atoms with Gasteiger partial charge in [0.25, 0.3) is 0 Å². The zero-order chi connectivity index (χ0) is 14.4. The van der Waals surface area contributed by atoms with Gasteiger partial charge in [-0.15, -0.1) is 0 Å². The molecule has 2 rings (SSSR count). The Balaban J connectivity index is 1.81. The summed E-state index contributed by atoms with van der Waals surface area (Å²) in [6.45, 7) is 5.11. The molecule has 1 saturated heterocycles. The molecule has 1 aliphatic carbocycles. The molecule has 1 amide bonds. The molecule has 0 aromatic heterocycles. The number of nitrogens with one attached hydrogen (secondary N) is 2. The van der Waals surface area contributed by atoms with Crippen LogP contribution in [-0.4, -0.2) is 49.3 Å². The summed E-state index contributed by atoms with van der Waals surface area (Å²) in [7, 11) is 0. The average molecular weight is 300 g/mol. The minimum Gasteiger partial charge on any atom is -0.379 e. The molecule has 0 bridgehead atoms. The van der Waals surface area contributed by atoms with Crippen LogP contribution in [0.4, 0.5) is 0 Å². The van der Waals surface area contributed by atoms with Crippen LogP contribution in [0.25, 0.3) is 0 Å². The number of amides is 1. The van der Waals surface area contributed by atoms with E-state index in [0.717, 1.165) is 19.5 Å². The number of carbonyl (C=O) groups excluding carboxylic acids is 1. The lowest BCUT2D eigenvalue weighted by atomic mass is 10.0. The monoisotopic (exact) mass is 300 g/mol. The maximum absolute atomic E-state index is 12.4. The predicted molar refractivity (Wildman–Crippen MR) is 84.1 cm³/mol. The first-order valence-electron chi connectivity index (χ1n) is 7.85. The molecule has 2 fully saturated rings. The lowest BCUT2D eigenvalue weighted by molar-refractivity contribution is -0.125. The summed E-state index contributed by atoms with van der Waals surface area (Å²) in [5, 5.41) is 6.61. The van der Waals surface area contributed by atoms with Gasteiger partial charge in [0.1, 0.15) is 0 Å². The van der Waals surface area contributed by atoms with Crippen LogP contribution < -0.4 is 10.6 Å². The van der Waals surface area contributed by atoms with Crippen molar-refractivity contribution in [1.82, 2.24) is 10.6 Å². The first-order valence-corrected chi connectivity index (χ1v) is 9.07. The van der Waals surface area contributed by atoms with Crippen molar-refractivity contribution >= 4 is 17.7 Å². The van der Waals surface area contributed by atoms with Gasteiger partial charge in [-0.1, -0.05) is 19.8 Å².